The Morgan fingerprint density at radius 1 is 1.13 bits per heavy atom. The molecule has 0 spiro atoms. The maximum Gasteiger partial charge on any atom is 0.283 e. The molecule has 0 fully saturated rings. The number of rotatable bonds is 6. The number of amides is 3. The van der Waals surface area contributed by atoms with Crippen LogP contribution in [0.5, 0.6) is 17.4 Å². The molecule has 11 heteroatoms. The summed E-state index contributed by atoms with van der Waals surface area (Å²) in [5.74, 6) is -1.25. The van der Waals surface area contributed by atoms with Gasteiger partial charge in [-0.2, -0.15) is 0 Å². The third-order valence-electron chi connectivity index (χ3n) is 4.53. The molecule has 0 saturated heterocycles. The van der Waals surface area contributed by atoms with Gasteiger partial charge in [-0.25, -0.2) is 0 Å². The number of nitrogens with one attached hydrogen (secondary N) is 1. The number of aromatic hydroxyl groups is 1. The lowest BCUT2D eigenvalue weighted by Gasteiger charge is -2.03. The first-order valence-electron chi connectivity index (χ1n) is 9.15. The van der Waals surface area contributed by atoms with Gasteiger partial charge in [0.2, 0.25) is 18.6 Å². The molecule has 0 atom stereocenters. The minimum absolute atomic E-state index is 0.0206. The Morgan fingerprint density at radius 2 is 1.90 bits per heavy atom. The number of nitrogens with zero attached hydrogens (tertiary/aromatic N) is 3. The highest BCUT2D eigenvalue weighted by Gasteiger charge is 2.19. The van der Waals surface area contributed by atoms with Gasteiger partial charge in [0.25, 0.3) is 11.8 Å². The van der Waals surface area contributed by atoms with E-state index in [-0.39, 0.29) is 24.9 Å². The SMILES string of the molecule is NC(=O)Cn1c(O)c(N=NC(=O)CNC(=O)c2ccc3c(c2)OCO3)c2ccccc21. The average Bonchev–Trinajstić information content (AvgIpc) is 3.33. The first kappa shape index (κ1) is 19.9. The summed E-state index contributed by atoms with van der Waals surface area (Å²) in [4.78, 5) is 35.6. The first-order valence-corrected chi connectivity index (χ1v) is 9.15. The number of hydrogen-bond donors (Lipinski definition) is 3. The lowest BCUT2D eigenvalue weighted by molar-refractivity contribution is -0.119. The second-order valence-corrected chi connectivity index (χ2v) is 6.59. The molecule has 11 nitrogen and oxygen atoms in total. The van der Waals surface area contributed by atoms with Crippen molar-refractivity contribution in [3.05, 3.63) is 48.0 Å². The molecule has 0 aliphatic carbocycles. The van der Waals surface area contributed by atoms with E-state index in [1.54, 1.807) is 36.4 Å². The maximum atomic E-state index is 12.2. The number of nitrogens with two attached hydrogens (primary N) is 1. The van der Waals surface area contributed by atoms with Crippen molar-refractivity contribution < 1.29 is 29.0 Å². The van der Waals surface area contributed by atoms with Crippen molar-refractivity contribution in [2.24, 2.45) is 16.0 Å². The van der Waals surface area contributed by atoms with Gasteiger partial charge in [0.1, 0.15) is 13.1 Å². The van der Waals surface area contributed by atoms with Gasteiger partial charge >= 0.3 is 0 Å². The fourth-order valence-corrected chi connectivity index (χ4v) is 3.12. The summed E-state index contributed by atoms with van der Waals surface area (Å²) in [6.07, 6.45) is 0. The number of azo groups is 1. The van der Waals surface area contributed by atoms with Gasteiger partial charge in [-0.3, -0.25) is 14.4 Å². The molecule has 31 heavy (non-hydrogen) atoms. The van der Waals surface area contributed by atoms with Crippen molar-refractivity contribution in [1.82, 2.24) is 9.88 Å². The first-order chi connectivity index (χ1) is 14.9. The molecule has 3 amide bonds. The van der Waals surface area contributed by atoms with E-state index in [0.717, 1.165) is 0 Å². The number of para-hydroxylation sites is 1. The monoisotopic (exact) mass is 423 g/mol. The molecule has 1 aliphatic rings. The number of benzene rings is 2. The Bertz CT molecular complexity index is 1230. The number of hydrogen-bond acceptors (Lipinski definition) is 7. The summed E-state index contributed by atoms with van der Waals surface area (Å²) in [5, 5.41) is 20.7. The van der Waals surface area contributed by atoms with E-state index in [1.807, 2.05) is 0 Å². The molecule has 1 aliphatic heterocycles. The average molecular weight is 423 g/mol. The van der Waals surface area contributed by atoms with E-state index in [1.165, 1.54) is 10.6 Å². The van der Waals surface area contributed by atoms with E-state index >= 15 is 0 Å². The van der Waals surface area contributed by atoms with Crippen LogP contribution >= 0.6 is 0 Å². The fraction of sp³-hybridized carbons (Fsp3) is 0.150. The molecule has 4 rings (SSSR count). The summed E-state index contributed by atoms with van der Waals surface area (Å²) in [7, 11) is 0. The number of aromatic nitrogens is 1. The van der Waals surface area contributed by atoms with Crippen LogP contribution < -0.4 is 20.5 Å². The zero-order chi connectivity index (χ0) is 22.0. The molecule has 1 aromatic heterocycles. The van der Waals surface area contributed by atoms with Crippen LogP contribution in [0.2, 0.25) is 0 Å². The zero-order valence-corrected chi connectivity index (χ0v) is 16.1. The van der Waals surface area contributed by atoms with Crippen LogP contribution in [0.15, 0.2) is 52.7 Å². The van der Waals surface area contributed by atoms with Gasteiger partial charge < -0.3 is 30.2 Å². The van der Waals surface area contributed by atoms with Gasteiger partial charge in [0.05, 0.1) is 5.52 Å². The van der Waals surface area contributed by atoms with E-state index in [9.17, 15) is 19.5 Å². The van der Waals surface area contributed by atoms with Crippen LogP contribution in [-0.4, -0.2) is 40.7 Å². The number of ether oxygens (including phenoxy) is 2. The topological polar surface area (TPSA) is 158 Å². The second kappa shape index (κ2) is 8.14. The van der Waals surface area contributed by atoms with E-state index in [2.05, 4.69) is 15.5 Å². The van der Waals surface area contributed by atoms with Crippen LogP contribution in [0.25, 0.3) is 10.9 Å². The molecule has 4 N–H and O–H groups in total. The predicted molar refractivity (Wildman–Crippen MR) is 107 cm³/mol. The van der Waals surface area contributed by atoms with Gasteiger partial charge in [-0.15, -0.1) is 10.2 Å². The highest BCUT2D eigenvalue weighted by Crippen LogP contribution is 2.38. The standard InChI is InChI=1S/C20H17N5O6/c21-16(26)9-25-13-4-2-1-3-12(13)18(20(25)29)24-23-17(27)8-22-19(28)11-5-6-14-15(7-11)31-10-30-14/h1-7,29H,8-10H2,(H2,21,26)(H,22,28). The minimum atomic E-state index is -0.736. The minimum Gasteiger partial charge on any atom is -0.493 e. The third-order valence-corrected chi connectivity index (χ3v) is 4.53. The van der Waals surface area contributed by atoms with Crippen molar-refractivity contribution in [3.8, 4) is 17.4 Å². The Kier molecular flexibility index (Phi) is 5.22. The van der Waals surface area contributed by atoms with Gasteiger partial charge in [-0.05, 0) is 24.3 Å². The second-order valence-electron chi connectivity index (χ2n) is 6.59. The van der Waals surface area contributed by atoms with Gasteiger partial charge in [0.15, 0.2) is 17.2 Å². The van der Waals surface area contributed by atoms with Crippen molar-refractivity contribution in [3.63, 3.8) is 0 Å². The van der Waals surface area contributed by atoms with Crippen LogP contribution in [0.4, 0.5) is 5.69 Å². The van der Waals surface area contributed by atoms with E-state index < -0.39 is 24.3 Å². The van der Waals surface area contributed by atoms with Crippen molar-refractivity contribution in [1.29, 1.82) is 0 Å². The number of fused-ring (bicyclic) bond motifs is 2. The molecule has 0 saturated carbocycles. The highest BCUT2D eigenvalue weighted by atomic mass is 16.7. The third kappa shape index (κ3) is 4.01. The summed E-state index contributed by atoms with van der Waals surface area (Å²) in [6, 6.07) is 11.4. The zero-order valence-electron chi connectivity index (χ0n) is 16.1. The Hall–Kier alpha value is -4.41. The number of primary amides is 1. The summed E-state index contributed by atoms with van der Waals surface area (Å²) in [6.45, 7) is -0.583. The predicted octanol–water partition coefficient (Wildman–Crippen LogP) is 1.60. The van der Waals surface area contributed by atoms with E-state index in [0.29, 0.717) is 28.0 Å². The van der Waals surface area contributed by atoms with Gasteiger partial charge in [-0.1, -0.05) is 18.2 Å². The quantitative estimate of drug-likeness (QED) is 0.511. The van der Waals surface area contributed by atoms with Crippen molar-refractivity contribution in [2.75, 3.05) is 13.3 Å². The molecule has 2 aromatic carbocycles. The lowest BCUT2D eigenvalue weighted by Crippen LogP contribution is -2.28. The Morgan fingerprint density at radius 3 is 2.71 bits per heavy atom. The number of carbonyl (C=O) groups excluding carboxylic acids is 3. The van der Waals surface area contributed by atoms with Crippen molar-refractivity contribution in [2.45, 2.75) is 6.54 Å². The normalized spacial score (nSPS) is 12.4. The number of carbonyl (C=O) groups is 3. The molecule has 3 aromatic rings. The van der Waals surface area contributed by atoms with Gasteiger partial charge in [0, 0.05) is 10.9 Å². The molecule has 0 radical (unpaired) electrons. The largest absolute Gasteiger partial charge is 0.493 e. The van der Waals surface area contributed by atoms with E-state index in [4.69, 9.17) is 15.2 Å². The fourth-order valence-electron chi connectivity index (χ4n) is 3.12. The highest BCUT2D eigenvalue weighted by molar-refractivity contribution is 5.98. The summed E-state index contributed by atoms with van der Waals surface area (Å²) in [5.41, 5.74) is 6.05. The Labute approximate surface area is 175 Å². The molecule has 0 bridgehead atoms. The van der Waals surface area contributed by atoms with Crippen molar-refractivity contribution >= 4 is 34.3 Å². The molecule has 0 unspecified atom stereocenters. The van der Waals surface area contributed by atoms with Crippen LogP contribution in [0.3, 0.4) is 0 Å². The summed E-state index contributed by atoms with van der Waals surface area (Å²) < 4.78 is 11.7. The lowest BCUT2D eigenvalue weighted by atomic mass is 10.2. The van der Waals surface area contributed by atoms with Crippen LogP contribution in [-0.2, 0) is 16.1 Å². The Balaban J connectivity index is 1.46. The molecule has 2 heterocycles. The molecule has 158 valence electrons. The van der Waals surface area contributed by atoms with Crippen LogP contribution in [0, 0.1) is 0 Å². The maximum absolute atomic E-state index is 12.2. The molecular weight excluding hydrogens is 406 g/mol. The summed E-state index contributed by atoms with van der Waals surface area (Å²) >= 11 is 0. The molecular formula is C20H17N5O6. The van der Waals surface area contributed by atoms with Crippen LogP contribution in [0.1, 0.15) is 10.4 Å². The smallest absolute Gasteiger partial charge is 0.283 e.